The predicted octanol–water partition coefficient (Wildman–Crippen LogP) is 7.34. The molecule has 1 amide bonds. The Morgan fingerprint density at radius 2 is 1.89 bits per heavy atom. The topological polar surface area (TPSA) is 65.4 Å². The summed E-state index contributed by atoms with van der Waals surface area (Å²) in [7, 11) is -1.19. The largest absolute Gasteiger partial charge is 0.381 e. The number of fused-ring (bicyclic) bond motifs is 1. The Bertz CT molecular complexity index is 1130. The number of nitrogens with one attached hydrogen (secondary N) is 1. The van der Waals surface area contributed by atoms with Gasteiger partial charge < -0.3 is 14.8 Å². The Morgan fingerprint density at radius 3 is 2.47 bits per heavy atom. The van der Waals surface area contributed by atoms with Crippen LogP contribution in [0, 0.1) is 5.82 Å². The lowest BCUT2D eigenvalue weighted by atomic mass is 10.0. The van der Waals surface area contributed by atoms with Crippen molar-refractivity contribution in [2.45, 2.75) is 65.0 Å². The second-order valence-corrected chi connectivity index (χ2v) is 16.2. The highest BCUT2D eigenvalue weighted by molar-refractivity contribution is 6.76. The van der Waals surface area contributed by atoms with E-state index in [0.29, 0.717) is 23.9 Å². The van der Waals surface area contributed by atoms with Crippen LogP contribution in [0.2, 0.25) is 30.7 Å². The summed E-state index contributed by atoms with van der Waals surface area (Å²) >= 11 is 6.58. The van der Waals surface area contributed by atoms with Crippen molar-refractivity contribution in [2.75, 3.05) is 25.1 Å². The van der Waals surface area contributed by atoms with E-state index in [0.717, 1.165) is 47.7 Å². The molecule has 0 aliphatic carbocycles. The van der Waals surface area contributed by atoms with Crippen molar-refractivity contribution < 1.29 is 18.7 Å². The summed E-state index contributed by atoms with van der Waals surface area (Å²) in [5.41, 5.74) is 2.31. The van der Waals surface area contributed by atoms with Crippen LogP contribution in [0.4, 0.5) is 10.2 Å². The molecule has 3 aromatic rings. The van der Waals surface area contributed by atoms with Crippen molar-refractivity contribution in [1.82, 2.24) is 9.78 Å². The van der Waals surface area contributed by atoms with Gasteiger partial charge in [-0.1, -0.05) is 50.3 Å². The van der Waals surface area contributed by atoms with E-state index >= 15 is 0 Å². The van der Waals surface area contributed by atoms with Crippen LogP contribution in [0.25, 0.3) is 22.0 Å². The average Bonchev–Trinajstić information content (AvgIpc) is 3.49. The molecule has 0 atom stereocenters. The second kappa shape index (κ2) is 13.3. The van der Waals surface area contributed by atoms with E-state index < -0.39 is 8.07 Å². The molecule has 0 radical (unpaired) electrons. The number of carbonyl (C=O) groups excluding carboxylic acids is 1. The number of ether oxygens (including phenoxy) is 2. The van der Waals surface area contributed by atoms with Gasteiger partial charge in [-0.2, -0.15) is 5.10 Å². The molecule has 1 saturated heterocycles. The maximum absolute atomic E-state index is 13.4. The number of anilines is 1. The zero-order chi connectivity index (χ0) is 26.1. The highest BCUT2D eigenvalue weighted by atomic mass is 35.5. The summed E-state index contributed by atoms with van der Waals surface area (Å²) in [6.45, 7) is 11.8. The minimum absolute atomic E-state index is 0.0908. The Kier molecular flexibility index (Phi) is 10.5. The van der Waals surface area contributed by atoms with Gasteiger partial charge in [-0.05, 0) is 55.1 Å². The number of carbonyl (C=O) groups is 1. The molecule has 0 bridgehead atoms. The fourth-order valence-corrected chi connectivity index (χ4v) is 4.72. The third kappa shape index (κ3) is 8.40. The van der Waals surface area contributed by atoms with Crippen molar-refractivity contribution in [3.05, 3.63) is 47.2 Å². The van der Waals surface area contributed by atoms with Crippen molar-refractivity contribution in [3.8, 4) is 11.1 Å². The van der Waals surface area contributed by atoms with Crippen molar-refractivity contribution in [3.63, 3.8) is 0 Å². The summed E-state index contributed by atoms with van der Waals surface area (Å²) in [6, 6.07) is 10.9. The first-order valence-corrected chi connectivity index (χ1v) is 16.7. The molecule has 0 spiro atoms. The van der Waals surface area contributed by atoms with Crippen LogP contribution in [-0.2, 0) is 21.0 Å². The third-order valence-corrected chi connectivity index (χ3v) is 7.78. The van der Waals surface area contributed by atoms with Gasteiger partial charge >= 0.3 is 0 Å². The molecule has 0 saturated carbocycles. The number of amides is 1. The van der Waals surface area contributed by atoms with Gasteiger partial charge in [0.15, 0.2) is 5.82 Å². The molecule has 1 N–H and O–H groups in total. The van der Waals surface area contributed by atoms with Crippen LogP contribution in [-0.4, -0.2) is 43.6 Å². The molecule has 1 aliphatic rings. The molecule has 1 aliphatic heterocycles. The van der Waals surface area contributed by atoms with E-state index in [4.69, 9.17) is 21.1 Å². The van der Waals surface area contributed by atoms with E-state index in [1.807, 2.05) is 19.1 Å². The number of hydrogen-bond acceptors (Lipinski definition) is 4. The molecule has 1 fully saturated rings. The summed E-state index contributed by atoms with van der Waals surface area (Å²) in [6.07, 6.45) is 3.72. The van der Waals surface area contributed by atoms with Crippen LogP contribution >= 0.6 is 11.6 Å². The molecule has 1 aromatic heterocycles. The standard InChI is InChI=1S/C23H29ClFN3O2Si.C4H8O/c1-5-6-22(29)26-23-19-13-18(16-7-9-17(25)10-8-16)20(24)14-21(19)28(27-23)15-30-11-12-31(2,3)4;1-2-4-5-3-1/h7-10,13-14H,5-6,11-12,15H2,1-4H3,(H,26,27,29);1-4H2. The van der Waals surface area contributed by atoms with Crippen LogP contribution in [0.5, 0.6) is 0 Å². The Morgan fingerprint density at radius 1 is 1.19 bits per heavy atom. The molecular weight excluding hydrogens is 497 g/mol. The van der Waals surface area contributed by atoms with Gasteiger partial charge in [0.2, 0.25) is 5.91 Å². The predicted molar refractivity (Wildman–Crippen MR) is 148 cm³/mol. The number of nitrogens with zero attached hydrogens (tertiary/aromatic N) is 2. The van der Waals surface area contributed by atoms with Gasteiger partial charge in [0.25, 0.3) is 0 Å². The number of aromatic nitrogens is 2. The summed E-state index contributed by atoms with van der Waals surface area (Å²) in [4.78, 5) is 12.2. The van der Waals surface area contributed by atoms with Gasteiger partial charge in [0.1, 0.15) is 12.5 Å². The van der Waals surface area contributed by atoms with Crippen LogP contribution < -0.4 is 5.32 Å². The number of halogens is 2. The molecule has 2 aromatic carbocycles. The lowest BCUT2D eigenvalue weighted by Crippen LogP contribution is -2.22. The van der Waals surface area contributed by atoms with E-state index in [2.05, 4.69) is 30.1 Å². The SMILES string of the molecule is C1CCOC1.CCCC(=O)Nc1nn(COCC[Si](C)(C)C)c2cc(Cl)c(-c3ccc(F)cc3)cc12. The minimum atomic E-state index is -1.19. The number of benzene rings is 2. The lowest BCUT2D eigenvalue weighted by Gasteiger charge is -2.15. The van der Waals surface area contributed by atoms with Crippen LogP contribution in [0.3, 0.4) is 0 Å². The number of rotatable bonds is 9. The fraction of sp³-hybridized carbons (Fsp3) is 0.481. The zero-order valence-electron chi connectivity index (χ0n) is 21.7. The third-order valence-electron chi connectivity index (χ3n) is 5.77. The quantitative estimate of drug-likeness (QED) is 0.231. The molecular formula is C27H37ClFN3O3Si. The number of hydrogen-bond donors (Lipinski definition) is 1. The summed E-state index contributed by atoms with van der Waals surface area (Å²) in [5, 5.41) is 8.78. The van der Waals surface area contributed by atoms with Crippen molar-refractivity contribution in [2.24, 2.45) is 0 Å². The molecule has 2 heterocycles. The lowest BCUT2D eigenvalue weighted by molar-refractivity contribution is -0.116. The maximum atomic E-state index is 13.4. The summed E-state index contributed by atoms with van der Waals surface area (Å²) in [5.74, 6) is 0.0750. The Balaban J connectivity index is 0.000000642. The van der Waals surface area contributed by atoms with Crippen LogP contribution in [0.1, 0.15) is 32.6 Å². The molecule has 0 unspecified atom stereocenters. The van der Waals surface area contributed by atoms with Gasteiger partial charge in [-0.25, -0.2) is 9.07 Å². The van der Waals surface area contributed by atoms with E-state index in [1.54, 1.807) is 16.8 Å². The first-order chi connectivity index (χ1) is 17.2. The highest BCUT2D eigenvalue weighted by Gasteiger charge is 2.17. The van der Waals surface area contributed by atoms with E-state index in [1.165, 1.54) is 25.0 Å². The van der Waals surface area contributed by atoms with Gasteiger partial charge in [-0.3, -0.25) is 4.79 Å². The Labute approximate surface area is 219 Å². The molecule has 4 rings (SSSR count). The first-order valence-electron chi connectivity index (χ1n) is 12.6. The molecule has 9 heteroatoms. The summed E-state index contributed by atoms with van der Waals surface area (Å²) < 4.78 is 25.9. The highest BCUT2D eigenvalue weighted by Crippen LogP contribution is 2.35. The normalized spacial score (nSPS) is 13.5. The molecule has 6 nitrogen and oxygen atoms in total. The van der Waals surface area contributed by atoms with E-state index in [9.17, 15) is 9.18 Å². The average molecular weight is 534 g/mol. The maximum Gasteiger partial charge on any atom is 0.225 e. The van der Waals surface area contributed by atoms with Gasteiger partial charge in [0, 0.05) is 45.3 Å². The van der Waals surface area contributed by atoms with E-state index in [-0.39, 0.29) is 18.5 Å². The van der Waals surface area contributed by atoms with Crippen LogP contribution in [0.15, 0.2) is 36.4 Å². The minimum Gasteiger partial charge on any atom is -0.381 e. The monoisotopic (exact) mass is 533 g/mol. The van der Waals surface area contributed by atoms with Gasteiger partial charge in [-0.15, -0.1) is 0 Å². The smallest absolute Gasteiger partial charge is 0.225 e. The molecule has 36 heavy (non-hydrogen) atoms. The zero-order valence-corrected chi connectivity index (χ0v) is 23.5. The van der Waals surface area contributed by atoms with Gasteiger partial charge in [0.05, 0.1) is 10.5 Å². The second-order valence-electron chi connectivity index (χ2n) is 10.2. The Hall–Kier alpha value is -2.26. The molecule has 196 valence electrons. The van der Waals surface area contributed by atoms with Crippen molar-refractivity contribution >= 4 is 42.3 Å². The fourth-order valence-electron chi connectivity index (χ4n) is 3.70. The van der Waals surface area contributed by atoms with Crippen molar-refractivity contribution in [1.29, 1.82) is 0 Å². The first kappa shape index (κ1) is 28.3.